The summed E-state index contributed by atoms with van der Waals surface area (Å²) in [5.74, 6) is 0. The summed E-state index contributed by atoms with van der Waals surface area (Å²) in [5, 5.41) is 9.63. The average molecular weight is 212 g/mol. The highest BCUT2D eigenvalue weighted by Crippen LogP contribution is 2.36. The minimum Gasteiger partial charge on any atom is -0.497 e. The Morgan fingerprint density at radius 2 is 1.92 bits per heavy atom. The first-order valence-electron chi connectivity index (χ1n) is 3.68. The summed E-state index contributed by atoms with van der Waals surface area (Å²) in [6, 6.07) is 9.54. The van der Waals surface area contributed by atoms with Crippen molar-refractivity contribution in [1.82, 2.24) is 4.37 Å². The maximum absolute atomic E-state index is 9.23. The first-order valence-corrected chi connectivity index (χ1v) is 4.83. The lowest BCUT2D eigenvalue weighted by molar-refractivity contribution is 0.491. The lowest BCUT2D eigenvalue weighted by Gasteiger charge is -1.95. The van der Waals surface area contributed by atoms with E-state index in [9.17, 15) is 5.11 Å². The number of rotatable bonds is 1. The number of nitrogens with zero attached hydrogens (tertiary/aromatic N) is 1. The molecule has 1 heterocycles. The fourth-order valence-electron chi connectivity index (χ4n) is 1.05. The van der Waals surface area contributed by atoms with E-state index in [1.807, 2.05) is 30.3 Å². The van der Waals surface area contributed by atoms with E-state index >= 15 is 0 Å². The van der Waals surface area contributed by atoms with Crippen molar-refractivity contribution < 1.29 is 5.11 Å². The van der Waals surface area contributed by atoms with Crippen molar-refractivity contribution in [2.24, 2.45) is 0 Å². The monoisotopic (exact) mass is 211 g/mol. The van der Waals surface area contributed by atoms with Crippen molar-refractivity contribution >= 4 is 23.1 Å². The molecule has 0 spiro atoms. The lowest BCUT2D eigenvalue weighted by Crippen LogP contribution is -1.75. The smallest absolute Gasteiger partial charge is 0.210 e. The first kappa shape index (κ1) is 8.53. The van der Waals surface area contributed by atoms with Gasteiger partial charge in [0.15, 0.2) is 0 Å². The van der Waals surface area contributed by atoms with E-state index in [2.05, 4.69) is 4.37 Å². The molecule has 1 aromatic carbocycles. The molecule has 0 aliphatic heterocycles. The Hall–Kier alpha value is -1.06. The second kappa shape index (κ2) is 3.36. The van der Waals surface area contributed by atoms with Gasteiger partial charge in [-0.15, -0.1) is 0 Å². The lowest BCUT2D eigenvalue weighted by atomic mass is 10.2. The number of hydrogen-bond acceptors (Lipinski definition) is 3. The number of aromatic hydroxyl groups is 1. The van der Waals surface area contributed by atoms with Crippen molar-refractivity contribution in [2.45, 2.75) is 0 Å². The Morgan fingerprint density at radius 1 is 1.23 bits per heavy atom. The Bertz CT molecular complexity index is 413. The Labute approximate surface area is 84.6 Å². The van der Waals surface area contributed by atoms with Gasteiger partial charge in [-0.2, -0.15) is 4.37 Å². The van der Waals surface area contributed by atoms with Crippen LogP contribution in [-0.4, -0.2) is 9.48 Å². The SMILES string of the molecule is Oc1snc(-c2ccccc2)c1Cl. The molecule has 0 aliphatic carbocycles. The minimum absolute atomic E-state index is 0.0699. The van der Waals surface area contributed by atoms with Gasteiger partial charge in [-0.25, -0.2) is 0 Å². The van der Waals surface area contributed by atoms with E-state index in [4.69, 9.17) is 11.6 Å². The second-order valence-corrected chi connectivity index (χ2v) is 3.65. The Kier molecular flexibility index (Phi) is 2.20. The number of hydrogen-bond donors (Lipinski definition) is 1. The van der Waals surface area contributed by atoms with Gasteiger partial charge in [0.25, 0.3) is 0 Å². The Morgan fingerprint density at radius 3 is 2.46 bits per heavy atom. The topological polar surface area (TPSA) is 33.1 Å². The molecule has 0 atom stereocenters. The molecule has 2 aromatic rings. The van der Waals surface area contributed by atoms with E-state index in [0.717, 1.165) is 17.1 Å². The van der Waals surface area contributed by atoms with Crippen LogP contribution in [0, 0.1) is 0 Å². The molecule has 4 heteroatoms. The maximum Gasteiger partial charge on any atom is 0.210 e. The van der Waals surface area contributed by atoms with Gasteiger partial charge < -0.3 is 5.11 Å². The van der Waals surface area contributed by atoms with Crippen LogP contribution in [0.4, 0.5) is 0 Å². The quantitative estimate of drug-likeness (QED) is 0.786. The van der Waals surface area contributed by atoms with Gasteiger partial charge in [-0.1, -0.05) is 41.9 Å². The fraction of sp³-hybridized carbons (Fsp3) is 0. The van der Waals surface area contributed by atoms with Gasteiger partial charge in [0, 0.05) is 17.1 Å². The summed E-state index contributed by atoms with van der Waals surface area (Å²) >= 11 is 6.84. The Balaban J connectivity index is 2.53. The molecule has 66 valence electrons. The van der Waals surface area contributed by atoms with Gasteiger partial charge in [0.2, 0.25) is 5.06 Å². The zero-order valence-electron chi connectivity index (χ0n) is 6.57. The molecule has 2 rings (SSSR count). The van der Waals surface area contributed by atoms with Crippen LogP contribution in [0.5, 0.6) is 5.06 Å². The van der Waals surface area contributed by atoms with Gasteiger partial charge in [0.05, 0.1) is 0 Å². The van der Waals surface area contributed by atoms with Crippen molar-refractivity contribution in [3.05, 3.63) is 35.4 Å². The van der Waals surface area contributed by atoms with Crippen LogP contribution in [0.25, 0.3) is 11.3 Å². The standard InChI is InChI=1S/C9H6ClNOS/c10-7-8(11-13-9(7)12)6-4-2-1-3-5-6/h1-5,12H. The van der Waals surface area contributed by atoms with Gasteiger partial charge in [0.1, 0.15) is 10.7 Å². The van der Waals surface area contributed by atoms with E-state index in [-0.39, 0.29) is 5.06 Å². The second-order valence-electron chi connectivity index (χ2n) is 2.52. The summed E-state index contributed by atoms with van der Waals surface area (Å²) in [6.07, 6.45) is 0. The summed E-state index contributed by atoms with van der Waals surface area (Å²) in [5.41, 5.74) is 1.56. The van der Waals surface area contributed by atoms with E-state index < -0.39 is 0 Å². The summed E-state index contributed by atoms with van der Waals surface area (Å²) < 4.78 is 4.05. The predicted octanol–water partition coefficient (Wildman–Crippen LogP) is 3.17. The van der Waals surface area contributed by atoms with E-state index in [0.29, 0.717) is 10.7 Å². The molecule has 2 nitrogen and oxygen atoms in total. The van der Waals surface area contributed by atoms with Crippen LogP contribution in [-0.2, 0) is 0 Å². The van der Waals surface area contributed by atoms with Gasteiger partial charge in [-0.3, -0.25) is 0 Å². The van der Waals surface area contributed by atoms with Gasteiger partial charge in [-0.05, 0) is 0 Å². The maximum atomic E-state index is 9.23. The molecule has 0 aliphatic rings. The molecule has 1 aromatic heterocycles. The van der Waals surface area contributed by atoms with Crippen LogP contribution in [0.2, 0.25) is 5.02 Å². The zero-order valence-corrected chi connectivity index (χ0v) is 8.14. The van der Waals surface area contributed by atoms with Crippen LogP contribution in [0.15, 0.2) is 30.3 Å². The zero-order chi connectivity index (χ0) is 9.26. The van der Waals surface area contributed by atoms with E-state index in [1.54, 1.807) is 0 Å². The molecule has 0 saturated carbocycles. The fourth-order valence-corrected chi connectivity index (χ4v) is 1.90. The highest BCUT2D eigenvalue weighted by atomic mass is 35.5. The van der Waals surface area contributed by atoms with E-state index in [1.165, 1.54) is 0 Å². The molecule has 0 fully saturated rings. The minimum atomic E-state index is 0.0699. The normalized spacial score (nSPS) is 10.2. The highest BCUT2D eigenvalue weighted by molar-refractivity contribution is 7.08. The third kappa shape index (κ3) is 1.53. The van der Waals surface area contributed by atoms with Crippen LogP contribution in [0.1, 0.15) is 0 Å². The number of benzene rings is 1. The predicted molar refractivity (Wildman–Crippen MR) is 54.2 cm³/mol. The van der Waals surface area contributed by atoms with Crippen LogP contribution >= 0.6 is 23.1 Å². The largest absolute Gasteiger partial charge is 0.497 e. The molecule has 1 N–H and O–H groups in total. The molecule has 0 radical (unpaired) electrons. The third-order valence-electron chi connectivity index (χ3n) is 1.67. The first-order chi connectivity index (χ1) is 6.29. The molecule has 0 bridgehead atoms. The van der Waals surface area contributed by atoms with Crippen LogP contribution < -0.4 is 0 Å². The highest BCUT2D eigenvalue weighted by Gasteiger charge is 2.11. The molecular formula is C9H6ClNOS. The molecular weight excluding hydrogens is 206 g/mol. The average Bonchev–Trinajstić information content (AvgIpc) is 2.49. The molecule has 0 amide bonds. The summed E-state index contributed by atoms with van der Waals surface area (Å²) in [7, 11) is 0. The molecule has 0 unspecified atom stereocenters. The number of aromatic nitrogens is 1. The number of halogens is 1. The summed E-state index contributed by atoms with van der Waals surface area (Å²) in [4.78, 5) is 0. The van der Waals surface area contributed by atoms with Crippen molar-refractivity contribution in [1.29, 1.82) is 0 Å². The molecule has 13 heavy (non-hydrogen) atoms. The summed E-state index contributed by atoms with van der Waals surface area (Å²) in [6.45, 7) is 0. The molecule has 0 saturated heterocycles. The third-order valence-corrected chi connectivity index (χ3v) is 2.79. The van der Waals surface area contributed by atoms with Crippen molar-refractivity contribution in [3.63, 3.8) is 0 Å². The van der Waals surface area contributed by atoms with Crippen LogP contribution in [0.3, 0.4) is 0 Å². The van der Waals surface area contributed by atoms with Crippen molar-refractivity contribution in [2.75, 3.05) is 0 Å². The van der Waals surface area contributed by atoms with Crippen molar-refractivity contribution in [3.8, 4) is 16.3 Å². The van der Waals surface area contributed by atoms with Gasteiger partial charge >= 0.3 is 0 Å².